The molecule has 4 atom stereocenters. The highest BCUT2D eigenvalue weighted by Gasteiger charge is 2.56. The highest BCUT2D eigenvalue weighted by molar-refractivity contribution is 8.02. The van der Waals surface area contributed by atoms with Gasteiger partial charge in [-0.2, -0.15) is 0 Å². The number of aliphatic carboxylic acids is 1. The number of rotatable bonds is 9. The Hall–Kier alpha value is -3.54. The van der Waals surface area contributed by atoms with Gasteiger partial charge in [0.15, 0.2) is 6.04 Å². The number of thioether (sulfide) groups is 1. The van der Waals surface area contributed by atoms with Gasteiger partial charge < -0.3 is 24.8 Å². The zero-order chi connectivity index (χ0) is 23.3. The molecule has 1 fully saturated rings. The molecule has 2 aliphatic heterocycles. The van der Waals surface area contributed by atoms with Gasteiger partial charge in [-0.1, -0.05) is 37.3 Å². The van der Waals surface area contributed by atoms with Crippen LogP contribution in [0.1, 0.15) is 25.0 Å². The van der Waals surface area contributed by atoms with E-state index in [1.807, 2.05) is 6.92 Å². The van der Waals surface area contributed by atoms with Gasteiger partial charge in [-0.25, -0.2) is 9.59 Å². The number of hydrogen-bond acceptors (Lipinski definition) is 8. The zero-order valence-electron chi connectivity index (χ0n) is 16.9. The smallest absolute Gasteiger partial charge is 0.411 e. The summed E-state index contributed by atoms with van der Waals surface area (Å²) in [6.45, 7) is 2.11. The largest absolute Gasteiger partial charge is 0.479 e. The fourth-order valence-corrected chi connectivity index (χ4v) is 4.47. The molecule has 2 heterocycles. The maximum absolute atomic E-state index is 12.7. The minimum atomic E-state index is -1.44. The molecule has 1 aromatic rings. The number of benzene rings is 1. The Morgan fingerprint density at radius 1 is 1.28 bits per heavy atom. The van der Waals surface area contributed by atoms with Crippen LogP contribution in [0, 0.1) is 0 Å². The second-order valence-electron chi connectivity index (χ2n) is 6.86. The molecular formula is C20H21N3O8S. The third-order valence-electron chi connectivity index (χ3n) is 4.73. The number of carboxylic acid groups (broad SMARTS) is 1. The average molecular weight is 463 g/mol. The molecule has 0 aromatic heterocycles. The van der Waals surface area contributed by atoms with Crippen molar-refractivity contribution >= 4 is 42.1 Å². The van der Waals surface area contributed by atoms with Crippen molar-refractivity contribution in [2.75, 3.05) is 6.61 Å². The molecule has 3 unspecified atom stereocenters. The summed E-state index contributed by atoms with van der Waals surface area (Å²) in [6.07, 6.45) is -1.49. The van der Waals surface area contributed by atoms with Gasteiger partial charge in [0, 0.05) is 5.56 Å². The Balaban J connectivity index is 1.72. The van der Waals surface area contributed by atoms with Gasteiger partial charge in [0.05, 0.1) is 12.3 Å². The lowest BCUT2D eigenvalue weighted by Crippen LogP contribution is -2.74. The monoisotopic (exact) mass is 463 g/mol. The first-order valence-corrected chi connectivity index (χ1v) is 10.6. The van der Waals surface area contributed by atoms with Crippen LogP contribution in [0.25, 0.3) is 0 Å². The number of ether oxygens (including phenoxy) is 2. The van der Waals surface area contributed by atoms with Gasteiger partial charge in [0.25, 0.3) is 12.4 Å². The van der Waals surface area contributed by atoms with Crippen LogP contribution in [0.4, 0.5) is 4.79 Å². The Kier molecular flexibility index (Phi) is 7.36. The van der Waals surface area contributed by atoms with Gasteiger partial charge in [-0.05, 0) is 11.8 Å². The van der Waals surface area contributed by atoms with E-state index in [4.69, 9.17) is 9.47 Å². The lowest BCUT2D eigenvalue weighted by Gasteiger charge is -2.51. The molecule has 11 nitrogen and oxygen atoms in total. The Morgan fingerprint density at radius 3 is 2.62 bits per heavy atom. The third kappa shape index (κ3) is 4.69. The Morgan fingerprint density at radius 2 is 2.00 bits per heavy atom. The second-order valence-corrected chi connectivity index (χ2v) is 7.85. The number of nitrogens with zero attached hydrogens (tertiary/aromatic N) is 1. The van der Waals surface area contributed by atoms with Gasteiger partial charge in [-0.15, -0.1) is 11.8 Å². The van der Waals surface area contributed by atoms with Crippen LogP contribution in [-0.4, -0.2) is 64.4 Å². The zero-order valence-corrected chi connectivity index (χ0v) is 17.7. The van der Waals surface area contributed by atoms with E-state index in [-0.39, 0.29) is 18.8 Å². The van der Waals surface area contributed by atoms with Gasteiger partial charge in [0.1, 0.15) is 11.4 Å². The summed E-state index contributed by atoms with van der Waals surface area (Å²) in [5.74, 6) is -2.71. The van der Waals surface area contributed by atoms with Crippen molar-refractivity contribution < 1.29 is 38.6 Å². The molecule has 32 heavy (non-hydrogen) atoms. The molecule has 170 valence electrons. The standard InChI is InChI=1S/C20H21N3O8S/c1-2-8-30-20(29)21-12-9-32-18-13(17(26)23(18)14(12)19(27)28)22-16(25)15(31-10-24)11-6-4-3-5-7-11/h3-7,9-10,13-15,18H,2,8H2,1H3,(H,21,29)(H,22,25)(H,27,28)/t13?,14?,15?,18-/m1/s1. The fourth-order valence-electron chi connectivity index (χ4n) is 3.30. The molecule has 12 heteroatoms. The number of nitrogens with one attached hydrogen (secondary N) is 2. The van der Waals surface area contributed by atoms with Crippen LogP contribution in [-0.2, 0) is 28.7 Å². The highest BCUT2D eigenvalue weighted by atomic mass is 32.2. The molecule has 2 aliphatic rings. The van der Waals surface area contributed by atoms with E-state index in [1.165, 1.54) is 5.41 Å². The maximum Gasteiger partial charge on any atom is 0.411 e. The number of amides is 3. The van der Waals surface area contributed by atoms with E-state index in [2.05, 4.69) is 10.6 Å². The number of alkyl carbamates (subject to hydrolysis) is 1. The van der Waals surface area contributed by atoms with Gasteiger partial charge in [0.2, 0.25) is 12.0 Å². The average Bonchev–Trinajstić information content (AvgIpc) is 2.79. The molecule has 0 radical (unpaired) electrons. The van der Waals surface area contributed by atoms with E-state index in [1.54, 1.807) is 30.3 Å². The van der Waals surface area contributed by atoms with E-state index in [0.717, 1.165) is 16.7 Å². The lowest BCUT2D eigenvalue weighted by molar-refractivity contribution is -0.161. The lowest BCUT2D eigenvalue weighted by atomic mass is 10.00. The maximum atomic E-state index is 12.7. The first kappa shape index (κ1) is 23.1. The predicted octanol–water partition coefficient (Wildman–Crippen LogP) is 0.731. The number of β-lactam (4-membered cyclic amide) rings is 1. The van der Waals surface area contributed by atoms with Gasteiger partial charge in [-0.3, -0.25) is 19.7 Å². The number of carboxylic acids is 1. The molecule has 3 rings (SSSR count). The van der Waals surface area contributed by atoms with Crippen molar-refractivity contribution in [3.05, 3.63) is 47.0 Å². The third-order valence-corrected chi connectivity index (χ3v) is 5.90. The molecule has 3 amide bonds. The predicted molar refractivity (Wildman–Crippen MR) is 111 cm³/mol. The number of hydrogen-bond donors (Lipinski definition) is 3. The van der Waals surface area contributed by atoms with Crippen molar-refractivity contribution in [2.24, 2.45) is 0 Å². The Bertz CT molecular complexity index is 938. The summed E-state index contributed by atoms with van der Waals surface area (Å²) in [5, 5.41) is 15.2. The van der Waals surface area contributed by atoms with Gasteiger partial charge >= 0.3 is 12.1 Å². The topological polar surface area (TPSA) is 151 Å². The first-order chi connectivity index (χ1) is 15.4. The molecular weight excluding hydrogens is 442 g/mol. The minimum Gasteiger partial charge on any atom is -0.479 e. The van der Waals surface area contributed by atoms with Crippen LogP contribution < -0.4 is 10.6 Å². The quantitative estimate of drug-likeness (QED) is 0.355. The van der Waals surface area contributed by atoms with E-state index in [0.29, 0.717) is 12.0 Å². The molecule has 3 N–H and O–H groups in total. The summed E-state index contributed by atoms with van der Waals surface area (Å²) in [7, 11) is 0. The molecule has 0 spiro atoms. The van der Waals surface area contributed by atoms with Crippen molar-refractivity contribution in [1.82, 2.24) is 15.5 Å². The van der Waals surface area contributed by atoms with E-state index < -0.39 is 47.4 Å². The first-order valence-electron chi connectivity index (χ1n) is 9.67. The summed E-state index contributed by atoms with van der Waals surface area (Å²) >= 11 is 1.07. The summed E-state index contributed by atoms with van der Waals surface area (Å²) < 4.78 is 9.79. The Labute approximate surface area is 187 Å². The van der Waals surface area contributed by atoms with E-state index in [9.17, 15) is 29.1 Å². The van der Waals surface area contributed by atoms with Crippen LogP contribution in [0.3, 0.4) is 0 Å². The number of carbonyl (C=O) groups is 5. The summed E-state index contributed by atoms with van der Waals surface area (Å²) in [6, 6.07) is 5.78. The van der Waals surface area contributed by atoms with Crippen molar-refractivity contribution in [3.63, 3.8) is 0 Å². The molecule has 0 bridgehead atoms. The molecule has 0 aliphatic carbocycles. The summed E-state index contributed by atoms with van der Waals surface area (Å²) in [5.41, 5.74) is 0.404. The van der Waals surface area contributed by atoms with Crippen molar-refractivity contribution in [2.45, 2.75) is 36.9 Å². The number of carbonyl (C=O) groups excluding carboxylic acids is 4. The van der Waals surface area contributed by atoms with Crippen LogP contribution in [0.2, 0.25) is 0 Å². The second kappa shape index (κ2) is 10.2. The highest BCUT2D eigenvalue weighted by Crippen LogP contribution is 2.39. The van der Waals surface area contributed by atoms with E-state index >= 15 is 0 Å². The van der Waals surface area contributed by atoms with Crippen LogP contribution >= 0.6 is 11.8 Å². The minimum absolute atomic E-state index is 0.00979. The molecule has 0 saturated carbocycles. The SMILES string of the molecule is CCCOC(=O)NC1=CS[C@@H]2C(NC(=O)C(OC=O)c3ccccc3)C(=O)N2C1C(=O)O. The van der Waals surface area contributed by atoms with Crippen LogP contribution in [0.5, 0.6) is 0 Å². The van der Waals surface area contributed by atoms with Crippen molar-refractivity contribution in [3.8, 4) is 0 Å². The van der Waals surface area contributed by atoms with Crippen molar-refractivity contribution in [1.29, 1.82) is 0 Å². The number of fused-ring (bicyclic) bond motifs is 1. The molecule has 1 aromatic carbocycles. The van der Waals surface area contributed by atoms with Crippen LogP contribution in [0.15, 0.2) is 41.4 Å². The summed E-state index contributed by atoms with van der Waals surface area (Å²) in [4.78, 5) is 61.0. The normalized spacial score (nSPS) is 22.4. The fraction of sp³-hybridized carbons (Fsp3) is 0.350. The molecule has 1 saturated heterocycles.